The minimum Gasteiger partial charge on any atom is -0.300 e. The molecular weight excluding hydrogens is 352 g/mol. The molecule has 4 fully saturated rings. The summed E-state index contributed by atoms with van der Waals surface area (Å²) in [4.78, 5) is 7.11. The number of aryl methyl sites for hydroxylation is 1. The molecule has 6 rings (SSSR count). The molecule has 4 aliphatic rings. The standard InChI is InChI=1S/C22H28N4S/c1-2-26-20(10-19(24-26)15-4-3-6-23-11-15)21-17-8-16(9-18(17)21)25-7-5-22(12-25)13-27-14-22/h3-4,6,10-11,16-18,21H,2,5,7-9,12-14H2,1H3. The van der Waals surface area contributed by atoms with E-state index in [2.05, 4.69) is 45.4 Å². The van der Waals surface area contributed by atoms with Crippen molar-refractivity contribution in [2.75, 3.05) is 24.6 Å². The van der Waals surface area contributed by atoms with E-state index in [-0.39, 0.29) is 0 Å². The Morgan fingerprint density at radius 3 is 2.74 bits per heavy atom. The topological polar surface area (TPSA) is 34.0 Å². The van der Waals surface area contributed by atoms with Crippen LogP contribution in [0.3, 0.4) is 0 Å². The first-order valence-corrected chi connectivity index (χ1v) is 11.7. The summed E-state index contributed by atoms with van der Waals surface area (Å²) in [5.41, 5.74) is 4.40. The lowest BCUT2D eigenvalue weighted by atomic mass is 9.91. The number of fused-ring (bicyclic) bond motifs is 1. The normalized spacial score (nSPS) is 34.0. The van der Waals surface area contributed by atoms with Crippen molar-refractivity contribution in [2.45, 2.75) is 44.7 Å². The van der Waals surface area contributed by atoms with Gasteiger partial charge in [-0.05, 0) is 62.8 Å². The van der Waals surface area contributed by atoms with Crippen molar-refractivity contribution in [1.82, 2.24) is 19.7 Å². The van der Waals surface area contributed by atoms with Gasteiger partial charge in [0.25, 0.3) is 0 Å². The molecule has 0 radical (unpaired) electrons. The highest BCUT2D eigenvalue weighted by atomic mass is 32.2. The first-order chi connectivity index (χ1) is 13.3. The average molecular weight is 381 g/mol. The quantitative estimate of drug-likeness (QED) is 0.806. The Bertz CT molecular complexity index is 831. The second-order valence-corrected chi connectivity index (χ2v) is 10.2. The van der Waals surface area contributed by atoms with Gasteiger partial charge in [0, 0.05) is 65.6 Å². The van der Waals surface area contributed by atoms with Gasteiger partial charge in [-0.3, -0.25) is 14.6 Å². The van der Waals surface area contributed by atoms with E-state index in [1.807, 2.05) is 18.5 Å². The average Bonchev–Trinajstić information content (AvgIpc) is 3.16. The van der Waals surface area contributed by atoms with Crippen molar-refractivity contribution in [3.63, 3.8) is 0 Å². The SMILES string of the molecule is CCn1nc(-c2cccnc2)cc1C1C2CC(N3CCC4(CSC4)C3)CC21. The van der Waals surface area contributed by atoms with Crippen molar-refractivity contribution in [3.8, 4) is 11.3 Å². The number of pyridine rings is 1. The van der Waals surface area contributed by atoms with Gasteiger partial charge in [-0.1, -0.05) is 0 Å². The summed E-state index contributed by atoms with van der Waals surface area (Å²) in [5.74, 6) is 5.36. The number of rotatable bonds is 4. The summed E-state index contributed by atoms with van der Waals surface area (Å²) in [6.07, 6.45) is 8.03. The van der Waals surface area contributed by atoms with Crippen LogP contribution < -0.4 is 0 Å². The summed E-state index contributed by atoms with van der Waals surface area (Å²) in [6, 6.07) is 7.32. The van der Waals surface area contributed by atoms with Gasteiger partial charge < -0.3 is 0 Å². The van der Waals surface area contributed by atoms with Crippen LogP contribution in [0.1, 0.15) is 37.8 Å². The molecule has 2 aromatic rings. The summed E-state index contributed by atoms with van der Waals surface area (Å²) >= 11 is 2.15. The summed E-state index contributed by atoms with van der Waals surface area (Å²) in [5, 5.41) is 4.89. The molecule has 2 aromatic heterocycles. The van der Waals surface area contributed by atoms with Crippen molar-refractivity contribution in [2.24, 2.45) is 17.3 Å². The van der Waals surface area contributed by atoms with Crippen LogP contribution >= 0.6 is 11.8 Å². The monoisotopic (exact) mass is 380 g/mol. The molecule has 2 saturated heterocycles. The van der Waals surface area contributed by atoms with Crippen LogP contribution in [-0.2, 0) is 6.54 Å². The van der Waals surface area contributed by atoms with E-state index in [9.17, 15) is 0 Å². The molecule has 0 aromatic carbocycles. The van der Waals surface area contributed by atoms with E-state index in [0.29, 0.717) is 5.41 Å². The molecule has 0 amide bonds. The zero-order valence-electron chi connectivity index (χ0n) is 16.1. The molecule has 5 heteroatoms. The van der Waals surface area contributed by atoms with Crippen molar-refractivity contribution >= 4 is 11.8 Å². The number of hydrogen-bond donors (Lipinski definition) is 0. The van der Waals surface area contributed by atoms with Crippen LogP contribution in [0.5, 0.6) is 0 Å². The summed E-state index contributed by atoms with van der Waals surface area (Å²) in [7, 11) is 0. The third kappa shape index (κ3) is 2.61. The van der Waals surface area contributed by atoms with Gasteiger partial charge >= 0.3 is 0 Å². The minimum atomic E-state index is 0.705. The van der Waals surface area contributed by atoms with Crippen LogP contribution in [0.2, 0.25) is 0 Å². The zero-order valence-corrected chi connectivity index (χ0v) is 16.9. The lowest BCUT2D eigenvalue weighted by Gasteiger charge is -2.38. The number of nitrogens with zero attached hydrogens (tertiary/aromatic N) is 4. The Kier molecular flexibility index (Phi) is 3.74. The summed E-state index contributed by atoms with van der Waals surface area (Å²) in [6.45, 7) is 5.91. The minimum absolute atomic E-state index is 0.705. The molecule has 2 aliphatic heterocycles. The Morgan fingerprint density at radius 2 is 2.11 bits per heavy atom. The Labute approximate surface area is 165 Å². The molecule has 27 heavy (non-hydrogen) atoms. The fraction of sp³-hybridized carbons (Fsp3) is 0.636. The molecule has 0 N–H and O–H groups in total. The first kappa shape index (κ1) is 16.6. The second kappa shape index (κ2) is 6.08. The van der Waals surface area contributed by atoms with E-state index in [1.54, 1.807) is 0 Å². The van der Waals surface area contributed by atoms with Crippen LogP contribution in [0, 0.1) is 17.3 Å². The lowest BCUT2D eigenvalue weighted by Crippen LogP contribution is -2.41. The number of thioether (sulfide) groups is 1. The first-order valence-electron chi connectivity index (χ1n) is 10.6. The van der Waals surface area contributed by atoms with E-state index in [1.165, 1.54) is 49.6 Å². The third-order valence-electron chi connectivity index (χ3n) is 7.63. The predicted octanol–water partition coefficient (Wildman–Crippen LogP) is 3.90. The van der Waals surface area contributed by atoms with E-state index < -0.39 is 0 Å². The highest BCUT2D eigenvalue weighted by molar-refractivity contribution is 8.00. The lowest BCUT2D eigenvalue weighted by molar-refractivity contribution is 0.204. The van der Waals surface area contributed by atoms with Gasteiger partial charge in [-0.25, -0.2) is 0 Å². The number of aromatic nitrogens is 3. The van der Waals surface area contributed by atoms with E-state index in [4.69, 9.17) is 5.10 Å². The van der Waals surface area contributed by atoms with Crippen LogP contribution in [0.15, 0.2) is 30.6 Å². The second-order valence-electron chi connectivity index (χ2n) is 9.20. The molecule has 2 aliphatic carbocycles. The van der Waals surface area contributed by atoms with E-state index in [0.717, 1.165) is 41.6 Å². The third-order valence-corrected chi connectivity index (χ3v) is 9.26. The highest BCUT2D eigenvalue weighted by Gasteiger charge is 2.59. The molecule has 142 valence electrons. The van der Waals surface area contributed by atoms with E-state index >= 15 is 0 Å². The van der Waals surface area contributed by atoms with Crippen LogP contribution in [-0.4, -0.2) is 50.3 Å². The summed E-state index contributed by atoms with van der Waals surface area (Å²) < 4.78 is 2.25. The molecule has 4 heterocycles. The van der Waals surface area contributed by atoms with Gasteiger partial charge in [-0.15, -0.1) is 0 Å². The van der Waals surface area contributed by atoms with Gasteiger partial charge in [0.2, 0.25) is 0 Å². The molecular formula is C22H28N4S. The number of hydrogen-bond acceptors (Lipinski definition) is 4. The molecule has 1 spiro atoms. The van der Waals surface area contributed by atoms with Gasteiger partial charge in [0.05, 0.1) is 5.69 Å². The van der Waals surface area contributed by atoms with Gasteiger partial charge in [0.1, 0.15) is 0 Å². The smallest absolute Gasteiger partial charge is 0.0941 e. The fourth-order valence-corrected chi connectivity index (χ4v) is 7.32. The van der Waals surface area contributed by atoms with Gasteiger partial charge in [0.15, 0.2) is 0 Å². The molecule has 2 saturated carbocycles. The van der Waals surface area contributed by atoms with Crippen molar-refractivity contribution in [3.05, 3.63) is 36.3 Å². The molecule has 2 atom stereocenters. The Hall–Kier alpha value is -1.33. The maximum Gasteiger partial charge on any atom is 0.0941 e. The maximum atomic E-state index is 4.89. The zero-order chi connectivity index (χ0) is 18.0. The highest BCUT2D eigenvalue weighted by Crippen LogP contribution is 2.64. The predicted molar refractivity (Wildman–Crippen MR) is 110 cm³/mol. The molecule has 2 unspecified atom stereocenters. The fourth-order valence-electron chi connectivity index (χ4n) is 6.07. The van der Waals surface area contributed by atoms with Gasteiger partial charge in [-0.2, -0.15) is 16.9 Å². The molecule has 4 nitrogen and oxygen atoms in total. The number of likely N-dealkylation sites (tertiary alicyclic amines) is 1. The Balaban J connectivity index is 1.16. The van der Waals surface area contributed by atoms with Crippen LogP contribution in [0.25, 0.3) is 11.3 Å². The maximum absolute atomic E-state index is 4.89. The van der Waals surface area contributed by atoms with Crippen molar-refractivity contribution < 1.29 is 0 Å². The largest absolute Gasteiger partial charge is 0.300 e. The van der Waals surface area contributed by atoms with Crippen LogP contribution in [0.4, 0.5) is 0 Å². The molecule has 0 bridgehead atoms. The Morgan fingerprint density at radius 1 is 1.26 bits per heavy atom. The van der Waals surface area contributed by atoms with Crippen molar-refractivity contribution in [1.29, 1.82) is 0 Å².